The Hall–Kier alpha value is -2.01. The lowest BCUT2D eigenvalue weighted by Gasteiger charge is -2.20. The Morgan fingerprint density at radius 1 is 1.30 bits per heavy atom. The molecule has 0 radical (unpaired) electrons. The van der Waals surface area contributed by atoms with E-state index in [0.29, 0.717) is 35.6 Å². The number of rotatable bonds is 3. The van der Waals surface area contributed by atoms with Crippen LogP contribution >= 0.6 is 11.6 Å². The second-order valence-electron chi connectivity index (χ2n) is 4.28. The third-order valence-electron chi connectivity index (χ3n) is 2.87. The maximum absolute atomic E-state index is 6.22. The van der Waals surface area contributed by atoms with E-state index in [1.807, 2.05) is 19.1 Å². The molecule has 1 aliphatic rings. The molecule has 2 heterocycles. The smallest absolute Gasteiger partial charge is 0.179 e. The van der Waals surface area contributed by atoms with E-state index in [2.05, 4.69) is 15.3 Å². The van der Waals surface area contributed by atoms with Crippen LogP contribution in [0.4, 0.5) is 5.82 Å². The summed E-state index contributed by atoms with van der Waals surface area (Å²) < 4.78 is 11.1. The minimum atomic E-state index is 0.509. The van der Waals surface area contributed by atoms with Crippen LogP contribution in [0.15, 0.2) is 24.4 Å². The van der Waals surface area contributed by atoms with Gasteiger partial charge < -0.3 is 14.8 Å². The van der Waals surface area contributed by atoms with E-state index in [9.17, 15) is 0 Å². The molecule has 1 aromatic heterocycles. The maximum atomic E-state index is 6.22. The van der Waals surface area contributed by atoms with E-state index in [-0.39, 0.29) is 0 Å². The number of fused-ring (bicyclic) bond motifs is 1. The van der Waals surface area contributed by atoms with E-state index in [1.54, 1.807) is 12.3 Å². The van der Waals surface area contributed by atoms with Gasteiger partial charge in [-0.1, -0.05) is 11.6 Å². The molecule has 3 rings (SSSR count). The molecule has 1 aliphatic heterocycles. The van der Waals surface area contributed by atoms with Gasteiger partial charge in [-0.3, -0.25) is 0 Å². The molecule has 0 bridgehead atoms. The van der Waals surface area contributed by atoms with Crippen LogP contribution in [-0.4, -0.2) is 29.7 Å². The molecule has 0 amide bonds. The number of nitrogens with one attached hydrogen (secondary N) is 1. The summed E-state index contributed by atoms with van der Waals surface area (Å²) in [6, 6.07) is 5.47. The third kappa shape index (κ3) is 2.49. The van der Waals surface area contributed by atoms with Gasteiger partial charge in [0.1, 0.15) is 19.0 Å². The first kappa shape index (κ1) is 13.0. The van der Waals surface area contributed by atoms with Crippen molar-refractivity contribution >= 4 is 17.4 Å². The molecule has 0 unspecified atom stereocenters. The molecule has 0 saturated heterocycles. The number of nitrogens with zero attached hydrogens (tertiary/aromatic N) is 2. The highest BCUT2D eigenvalue weighted by molar-refractivity contribution is 6.32. The van der Waals surface area contributed by atoms with Gasteiger partial charge in [0.25, 0.3) is 0 Å². The van der Waals surface area contributed by atoms with Gasteiger partial charge in [0, 0.05) is 18.3 Å². The first-order valence-corrected chi connectivity index (χ1v) is 6.82. The van der Waals surface area contributed by atoms with Crippen molar-refractivity contribution in [3.05, 3.63) is 29.4 Å². The van der Waals surface area contributed by atoms with Crippen molar-refractivity contribution in [2.75, 3.05) is 25.1 Å². The number of hydrogen-bond donors (Lipinski definition) is 1. The zero-order chi connectivity index (χ0) is 13.9. The molecule has 1 N–H and O–H groups in total. The van der Waals surface area contributed by atoms with Gasteiger partial charge in [-0.05, 0) is 25.1 Å². The van der Waals surface area contributed by atoms with Gasteiger partial charge in [-0.15, -0.1) is 0 Å². The summed E-state index contributed by atoms with van der Waals surface area (Å²) in [6.45, 7) is 3.85. The molecular formula is C14H14ClN3O2. The standard InChI is InChI=1S/C14H14ClN3O2/c1-2-16-12-3-4-17-14(18-12)9-7-10(15)13-11(8-9)19-5-6-20-13/h3-4,7-8H,2,5-6H2,1H3,(H,16,17,18). The van der Waals surface area contributed by atoms with Gasteiger partial charge in [0.15, 0.2) is 17.3 Å². The van der Waals surface area contributed by atoms with E-state index in [0.717, 1.165) is 17.9 Å². The largest absolute Gasteiger partial charge is 0.486 e. The van der Waals surface area contributed by atoms with E-state index in [1.165, 1.54) is 0 Å². The molecule has 5 nitrogen and oxygen atoms in total. The van der Waals surface area contributed by atoms with Crippen molar-refractivity contribution < 1.29 is 9.47 Å². The highest BCUT2D eigenvalue weighted by atomic mass is 35.5. The van der Waals surface area contributed by atoms with Crippen LogP contribution in [0.2, 0.25) is 5.02 Å². The predicted molar refractivity (Wildman–Crippen MR) is 77.6 cm³/mol. The van der Waals surface area contributed by atoms with Crippen LogP contribution in [0.3, 0.4) is 0 Å². The predicted octanol–water partition coefficient (Wildman–Crippen LogP) is 3.00. The summed E-state index contributed by atoms with van der Waals surface area (Å²) in [5, 5.41) is 3.66. The molecular weight excluding hydrogens is 278 g/mol. The topological polar surface area (TPSA) is 56.3 Å². The van der Waals surface area contributed by atoms with Crippen molar-refractivity contribution in [2.24, 2.45) is 0 Å². The van der Waals surface area contributed by atoms with E-state index < -0.39 is 0 Å². The fourth-order valence-electron chi connectivity index (χ4n) is 2.02. The number of aromatic nitrogens is 2. The summed E-state index contributed by atoms with van der Waals surface area (Å²) in [7, 11) is 0. The quantitative estimate of drug-likeness (QED) is 0.942. The second-order valence-corrected chi connectivity index (χ2v) is 4.69. The van der Waals surface area contributed by atoms with E-state index in [4.69, 9.17) is 21.1 Å². The molecule has 2 aromatic rings. The number of hydrogen-bond acceptors (Lipinski definition) is 5. The fourth-order valence-corrected chi connectivity index (χ4v) is 2.28. The summed E-state index contributed by atoms with van der Waals surface area (Å²) in [4.78, 5) is 8.72. The molecule has 0 atom stereocenters. The Balaban J connectivity index is 2.01. The highest BCUT2D eigenvalue weighted by Gasteiger charge is 2.18. The molecule has 1 aromatic carbocycles. The number of halogens is 1. The van der Waals surface area contributed by atoms with E-state index >= 15 is 0 Å². The molecule has 0 spiro atoms. The Morgan fingerprint density at radius 2 is 2.15 bits per heavy atom. The average molecular weight is 292 g/mol. The SMILES string of the molecule is CCNc1ccnc(-c2cc(Cl)c3c(c2)OCCO3)n1. The summed E-state index contributed by atoms with van der Waals surface area (Å²) in [5.74, 6) is 2.60. The zero-order valence-electron chi connectivity index (χ0n) is 11.0. The van der Waals surface area contributed by atoms with Gasteiger partial charge in [0.05, 0.1) is 5.02 Å². The van der Waals surface area contributed by atoms with Crippen molar-refractivity contribution in [3.8, 4) is 22.9 Å². The first-order chi connectivity index (χ1) is 9.78. The van der Waals surface area contributed by atoms with Gasteiger partial charge in [-0.25, -0.2) is 9.97 Å². The lowest BCUT2D eigenvalue weighted by molar-refractivity contribution is 0.172. The average Bonchev–Trinajstić information content (AvgIpc) is 2.48. The monoisotopic (exact) mass is 291 g/mol. The molecule has 0 fully saturated rings. The Morgan fingerprint density at radius 3 is 3.00 bits per heavy atom. The first-order valence-electron chi connectivity index (χ1n) is 6.44. The van der Waals surface area contributed by atoms with Crippen LogP contribution < -0.4 is 14.8 Å². The molecule has 20 heavy (non-hydrogen) atoms. The van der Waals surface area contributed by atoms with Crippen LogP contribution in [0.1, 0.15) is 6.92 Å². The van der Waals surface area contributed by atoms with Crippen LogP contribution in [0, 0.1) is 0 Å². The van der Waals surface area contributed by atoms with Crippen molar-refractivity contribution in [1.82, 2.24) is 9.97 Å². The molecule has 104 valence electrons. The normalized spacial score (nSPS) is 13.1. The van der Waals surface area contributed by atoms with Crippen LogP contribution in [-0.2, 0) is 0 Å². The zero-order valence-corrected chi connectivity index (χ0v) is 11.8. The lowest BCUT2D eigenvalue weighted by atomic mass is 10.1. The Bertz CT molecular complexity index is 634. The maximum Gasteiger partial charge on any atom is 0.179 e. The number of anilines is 1. The lowest BCUT2D eigenvalue weighted by Crippen LogP contribution is -2.15. The summed E-state index contributed by atoms with van der Waals surface area (Å²) in [5.41, 5.74) is 0.805. The Labute approximate surface area is 121 Å². The number of benzene rings is 1. The minimum absolute atomic E-state index is 0.509. The minimum Gasteiger partial charge on any atom is -0.486 e. The van der Waals surface area contributed by atoms with Crippen molar-refractivity contribution in [3.63, 3.8) is 0 Å². The van der Waals surface area contributed by atoms with Gasteiger partial charge in [0.2, 0.25) is 0 Å². The third-order valence-corrected chi connectivity index (χ3v) is 3.15. The highest BCUT2D eigenvalue weighted by Crippen LogP contribution is 2.40. The van der Waals surface area contributed by atoms with Crippen LogP contribution in [0.5, 0.6) is 11.5 Å². The fraction of sp³-hybridized carbons (Fsp3) is 0.286. The summed E-state index contributed by atoms with van der Waals surface area (Å²) in [6.07, 6.45) is 1.71. The van der Waals surface area contributed by atoms with Crippen LogP contribution in [0.25, 0.3) is 11.4 Å². The second kappa shape index (κ2) is 5.54. The Kier molecular flexibility index (Phi) is 3.60. The van der Waals surface area contributed by atoms with Crippen molar-refractivity contribution in [2.45, 2.75) is 6.92 Å². The molecule has 0 aliphatic carbocycles. The summed E-state index contributed by atoms with van der Waals surface area (Å²) >= 11 is 6.22. The molecule has 0 saturated carbocycles. The van der Waals surface area contributed by atoms with Gasteiger partial charge >= 0.3 is 0 Å². The molecule has 6 heteroatoms. The van der Waals surface area contributed by atoms with Gasteiger partial charge in [-0.2, -0.15) is 0 Å². The number of ether oxygens (including phenoxy) is 2. The van der Waals surface area contributed by atoms with Crippen molar-refractivity contribution in [1.29, 1.82) is 0 Å².